The summed E-state index contributed by atoms with van der Waals surface area (Å²) in [6.45, 7) is 1.26. The number of nitrogens with one attached hydrogen (secondary N) is 1. The van der Waals surface area contributed by atoms with Crippen LogP contribution < -0.4 is 10.1 Å². The number of hydroxylamine groups is 2. The first-order valence-corrected chi connectivity index (χ1v) is 13.0. The summed E-state index contributed by atoms with van der Waals surface area (Å²) in [6.07, 6.45) is 4.79. The third-order valence-corrected chi connectivity index (χ3v) is 6.38. The summed E-state index contributed by atoms with van der Waals surface area (Å²) in [5, 5.41) is 25.4. The van der Waals surface area contributed by atoms with Crippen molar-refractivity contribution in [1.29, 1.82) is 10.5 Å². The highest BCUT2D eigenvalue weighted by Crippen LogP contribution is 2.28. The molecular formula is C27H27N9O6. The van der Waals surface area contributed by atoms with Gasteiger partial charge in [0.05, 0.1) is 36.7 Å². The predicted molar refractivity (Wildman–Crippen MR) is 144 cm³/mol. The number of nitrogens with zero attached hydrogens (tertiary/aromatic N) is 8. The quantitative estimate of drug-likeness (QED) is 0.402. The Labute approximate surface area is 240 Å². The third-order valence-electron chi connectivity index (χ3n) is 6.38. The minimum absolute atomic E-state index is 0.0542. The lowest BCUT2D eigenvalue weighted by molar-refractivity contribution is -0.196. The molecule has 0 unspecified atom stereocenters. The third kappa shape index (κ3) is 6.95. The number of piperidine rings is 1. The van der Waals surface area contributed by atoms with E-state index in [1.165, 1.54) is 0 Å². The summed E-state index contributed by atoms with van der Waals surface area (Å²) in [6, 6.07) is 11.1. The molecule has 1 atom stereocenters. The minimum Gasteiger partial charge on any atom is -0.481 e. The van der Waals surface area contributed by atoms with Crippen LogP contribution in [0.2, 0.25) is 0 Å². The summed E-state index contributed by atoms with van der Waals surface area (Å²) in [4.78, 5) is 59.2. The second-order valence-corrected chi connectivity index (χ2v) is 9.23. The Morgan fingerprint density at radius 2 is 1.86 bits per heavy atom. The summed E-state index contributed by atoms with van der Waals surface area (Å²) in [5.41, 5.74) is 2.30. The van der Waals surface area contributed by atoms with E-state index in [4.69, 9.17) is 20.4 Å². The van der Waals surface area contributed by atoms with Crippen LogP contribution in [0.5, 0.6) is 5.88 Å². The minimum atomic E-state index is -0.897. The van der Waals surface area contributed by atoms with E-state index in [-0.39, 0.29) is 31.2 Å². The van der Waals surface area contributed by atoms with Crippen LogP contribution in [0.3, 0.4) is 0 Å². The molecule has 0 aromatic carbocycles. The highest BCUT2D eigenvalue weighted by Gasteiger charge is 2.32. The molecule has 1 N–H and O–H groups in total. The van der Waals surface area contributed by atoms with Crippen molar-refractivity contribution in [2.24, 2.45) is 0 Å². The van der Waals surface area contributed by atoms with Crippen LogP contribution in [-0.2, 0) is 24.0 Å². The Kier molecular flexibility index (Phi) is 9.57. The number of amides is 3. The molecule has 15 nitrogen and oxygen atoms in total. The number of likely N-dealkylation sites (tertiary alicyclic amines) is 1. The number of imide groups is 1. The number of anilines is 1. The molecule has 42 heavy (non-hydrogen) atoms. The van der Waals surface area contributed by atoms with Crippen LogP contribution in [0.4, 0.5) is 5.82 Å². The predicted octanol–water partition coefficient (Wildman–Crippen LogP) is 1.62. The molecule has 0 saturated carbocycles. The summed E-state index contributed by atoms with van der Waals surface area (Å²) < 4.78 is 7.12. The van der Waals surface area contributed by atoms with Gasteiger partial charge in [0.15, 0.2) is 5.65 Å². The second-order valence-electron chi connectivity index (χ2n) is 9.23. The van der Waals surface area contributed by atoms with Crippen molar-refractivity contribution in [3.05, 3.63) is 36.7 Å². The van der Waals surface area contributed by atoms with Gasteiger partial charge in [-0.15, -0.1) is 10.2 Å². The van der Waals surface area contributed by atoms with Crippen molar-refractivity contribution in [3.8, 4) is 29.3 Å². The number of imidazole rings is 1. The van der Waals surface area contributed by atoms with Gasteiger partial charge in [0.2, 0.25) is 11.8 Å². The summed E-state index contributed by atoms with van der Waals surface area (Å²) in [5.74, 6) is -0.908. The summed E-state index contributed by atoms with van der Waals surface area (Å²) in [7, 11) is 1.58. The van der Waals surface area contributed by atoms with E-state index in [1.807, 2.05) is 30.3 Å². The zero-order chi connectivity index (χ0) is 30.1. The molecule has 3 aromatic heterocycles. The van der Waals surface area contributed by atoms with Crippen LogP contribution >= 0.6 is 0 Å². The number of nitriles is 2. The van der Waals surface area contributed by atoms with E-state index < -0.39 is 24.2 Å². The van der Waals surface area contributed by atoms with Gasteiger partial charge in [0, 0.05) is 38.2 Å². The summed E-state index contributed by atoms with van der Waals surface area (Å²) >= 11 is 0. The maximum atomic E-state index is 12.0. The van der Waals surface area contributed by atoms with E-state index in [0.717, 1.165) is 24.1 Å². The molecule has 3 aromatic rings. The van der Waals surface area contributed by atoms with Crippen LogP contribution in [0, 0.1) is 22.7 Å². The van der Waals surface area contributed by atoms with Crippen molar-refractivity contribution < 1.29 is 28.8 Å². The molecule has 2 fully saturated rings. The number of pyridine rings is 1. The highest BCUT2D eigenvalue weighted by atomic mass is 16.7. The van der Waals surface area contributed by atoms with Crippen LogP contribution in [0.15, 0.2) is 36.7 Å². The lowest BCUT2D eigenvalue weighted by Gasteiger charge is -2.33. The van der Waals surface area contributed by atoms with E-state index in [9.17, 15) is 19.2 Å². The number of methoxy groups -OCH3 is 1. The van der Waals surface area contributed by atoms with Crippen molar-refractivity contribution in [2.75, 3.05) is 25.5 Å². The Morgan fingerprint density at radius 1 is 1.10 bits per heavy atom. The van der Waals surface area contributed by atoms with Gasteiger partial charge in [-0.2, -0.15) is 10.5 Å². The van der Waals surface area contributed by atoms with E-state index in [0.29, 0.717) is 35.5 Å². The fourth-order valence-corrected chi connectivity index (χ4v) is 4.45. The zero-order valence-corrected chi connectivity index (χ0v) is 22.7. The van der Waals surface area contributed by atoms with Crippen molar-refractivity contribution in [2.45, 2.75) is 44.6 Å². The van der Waals surface area contributed by atoms with Gasteiger partial charge in [-0.1, -0.05) is 0 Å². The SMILES string of the molecule is COc1ncccc1-c1cnc2ccc(N[C@@H]3CCCN(C(=O)CC#N)C3)nn12.N#CCC(=O)ON1C(=O)CCC1=O. The van der Waals surface area contributed by atoms with Gasteiger partial charge in [0.25, 0.3) is 11.8 Å². The standard InChI is InChI=1S/C20H21N7O2.C7H6N2O4/c1-29-20-15(5-2-10-22-20)16-12-23-18-7-6-17(25-27(16)18)24-14-4-3-11-26(13-14)19(28)8-9-21;8-4-3-7(12)13-9-5(10)1-2-6(9)11/h2,5-7,10,12,14H,3-4,8,11,13H2,1H3,(H,24,25);1-3H2/t14-;/m1./s1. The molecule has 2 aliphatic heterocycles. The molecule has 0 aliphatic carbocycles. The van der Waals surface area contributed by atoms with Gasteiger partial charge in [-0.25, -0.2) is 19.3 Å². The average Bonchev–Trinajstić information content (AvgIpc) is 3.56. The fraction of sp³-hybridized carbons (Fsp3) is 0.370. The van der Waals surface area contributed by atoms with Gasteiger partial charge in [-0.3, -0.25) is 14.4 Å². The van der Waals surface area contributed by atoms with Gasteiger partial charge >= 0.3 is 5.97 Å². The van der Waals surface area contributed by atoms with Crippen molar-refractivity contribution in [3.63, 3.8) is 0 Å². The number of aromatic nitrogens is 4. The smallest absolute Gasteiger partial charge is 0.347 e. The van der Waals surface area contributed by atoms with E-state index >= 15 is 0 Å². The highest BCUT2D eigenvalue weighted by molar-refractivity contribution is 6.01. The molecular weight excluding hydrogens is 546 g/mol. The van der Waals surface area contributed by atoms with Crippen molar-refractivity contribution >= 4 is 35.2 Å². The number of rotatable bonds is 7. The topological polar surface area (TPSA) is 196 Å². The number of ether oxygens (including phenoxy) is 1. The van der Waals surface area contributed by atoms with Gasteiger partial charge < -0.3 is 19.8 Å². The monoisotopic (exact) mass is 573 g/mol. The largest absolute Gasteiger partial charge is 0.481 e. The van der Waals surface area contributed by atoms with E-state index in [2.05, 4.69) is 20.1 Å². The molecule has 5 heterocycles. The number of hydrogen-bond donors (Lipinski definition) is 1. The maximum Gasteiger partial charge on any atom is 0.347 e. The van der Waals surface area contributed by atoms with E-state index in [1.54, 1.807) is 35.0 Å². The zero-order valence-electron chi connectivity index (χ0n) is 22.7. The molecule has 0 bridgehead atoms. The molecule has 5 rings (SSSR count). The fourth-order valence-electron chi connectivity index (χ4n) is 4.45. The Balaban J connectivity index is 0.000000262. The van der Waals surface area contributed by atoms with Crippen LogP contribution in [0.25, 0.3) is 16.9 Å². The number of carbonyl (C=O) groups excluding carboxylic acids is 4. The molecule has 0 spiro atoms. The molecule has 216 valence electrons. The number of fused-ring (bicyclic) bond motifs is 1. The van der Waals surface area contributed by atoms with Gasteiger partial charge in [0.1, 0.15) is 18.7 Å². The first kappa shape index (κ1) is 29.4. The lowest BCUT2D eigenvalue weighted by Crippen LogP contribution is -2.45. The second kappa shape index (κ2) is 13.7. The van der Waals surface area contributed by atoms with Gasteiger partial charge in [-0.05, 0) is 37.1 Å². The van der Waals surface area contributed by atoms with Crippen LogP contribution in [0.1, 0.15) is 38.5 Å². The van der Waals surface area contributed by atoms with Crippen molar-refractivity contribution in [1.82, 2.24) is 29.5 Å². The average molecular weight is 574 g/mol. The number of carbonyl (C=O) groups is 4. The molecule has 2 saturated heterocycles. The maximum absolute atomic E-state index is 12.0. The lowest BCUT2D eigenvalue weighted by atomic mass is 10.1. The Hall–Kier alpha value is -5.57. The Morgan fingerprint density at radius 3 is 2.57 bits per heavy atom. The number of hydrogen-bond acceptors (Lipinski definition) is 12. The Bertz CT molecular complexity index is 1560. The molecule has 15 heteroatoms. The normalized spacial score (nSPS) is 16.2. The molecule has 2 aliphatic rings. The van der Waals surface area contributed by atoms with Crippen LogP contribution in [-0.4, -0.2) is 79.5 Å². The molecule has 3 amide bonds. The molecule has 0 radical (unpaired) electrons. The first-order valence-electron chi connectivity index (χ1n) is 13.0. The first-order chi connectivity index (χ1) is 20.3.